The number of nitrogens with one attached hydrogen (secondary N) is 1. The van der Waals surface area contributed by atoms with Crippen LogP contribution in [0.3, 0.4) is 0 Å². The molecule has 0 radical (unpaired) electrons. The summed E-state index contributed by atoms with van der Waals surface area (Å²) in [5.74, 6) is 2.53. The van der Waals surface area contributed by atoms with E-state index in [1.54, 1.807) is 0 Å². The molecule has 0 unspecified atom stereocenters. The van der Waals surface area contributed by atoms with E-state index in [2.05, 4.69) is 10.2 Å². The van der Waals surface area contributed by atoms with Crippen LogP contribution in [0.1, 0.15) is 16.8 Å². The minimum atomic E-state index is 0.0322. The van der Waals surface area contributed by atoms with Crippen molar-refractivity contribution in [3.8, 4) is 0 Å². The van der Waals surface area contributed by atoms with Gasteiger partial charge in [0.2, 0.25) is 0 Å². The third-order valence-electron chi connectivity index (χ3n) is 3.08. The van der Waals surface area contributed by atoms with Gasteiger partial charge in [-0.25, -0.2) is 0 Å². The first-order valence-electron chi connectivity index (χ1n) is 6.49. The Morgan fingerprint density at radius 2 is 1.94 bits per heavy atom. The number of hydrogen-bond acceptors (Lipinski definition) is 3. The van der Waals surface area contributed by atoms with E-state index in [9.17, 15) is 4.79 Å². The summed E-state index contributed by atoms with van der Waals surface area (Å²) in [4.78, 5) is 14.2. The van der Waals surface area contributed by atoms with Crippen molar-refractivity contribution in [3.05, 3.63) is 35.9 Å². The highest BCUT2D eigenvalue weighted by molar-refractivity contribution is 7.99. The number of thioether (sulfide) groups is 1. The van der Waals surface area contributed by atoms with Crippen molar-refractivity contribution < 1.29 is 4.79 Å². The topological polar surface area (TPSA) is 32.3 Å². The molecule has 0 aliphatic carbocycles. The van der Waals surface area contributed by atoms with Crippen LogP contribution in [-0.4, -0.2) is 48.5 Å². The maximum absolute atomic E-state index is 11.8. The van der Waals surface area contributed by atoms with E-state index < -0.39 is 0 Å². The number of hydrogen-bond donors (Lipinski definition) is 1. The number of benzene rings is 1. The molecule has 0 aromatic heterocycles. The van der Waals surface area contributed by atoms with E-state index >= 15 is 0 Å². The average Bonchev–Trinajstić information content (AvgIpc) is 2.45. The van der Waals surface area contributed by atoms with Crippen molar-refractivity contribution in [3.63, 3.8) is 0 Å². The van der Waals surface area contributed by atoms with Crippen molar-refractivity contribution in [2.75, 3.05) is 37.7 Å². The largest absolute Gasteiger partial charge is 0.352 e. The molecule has 2 rings (SSSR count). The van der Waals surface area contributed by atoms with Crippen LogP contribution in [0.2, 0.25) is 0 Å². The molecule has 1 aromatic carbocycles. The molecule has 1 aromatic rings. The summed E-state index contributed by atoms with van der Waals surface area (Å²) in [7, 11) is 0. The van der Waals surface area contributed by atoms with Gasteiger partial charge in [-0.15, -0.1) is 0 Å². The first-order chi connectivity index (χ1) is 8.86. The fourth-order valence-electron chi connectivity index (χ4n) is 2.02. The number of rotatable bonds is 5. The van der Waals surface area contributed by atoms with Crippen molar-refractivity contribution in [1.82, 2.24) is 10.2 Å². The fraction of sp³-hybridized carbons (Fsp3) is 0.500. The highest BCUT2D eigenvalue weighted by Crippen LogP contribution is 2.08. The monoisotopic (exact) mass is 264 g/mol. The molecular weight excluding hydrogens is 244 g/mol. The summed E-state index contributed by atoms with van der Waals surface area (Å²) >= 11 is 2.03. The van der Waals surface area contributed by atoms with Crippen LogP contribution in [0.15, 0.2) is 30.3 Å². The number of amides is 1. The van der Waals surface area contributed by atoms with Crippen LogP contribution in [0.25, 0.3) is 0 Å². The lowest BCUT2D eigenvalue weighted by molar-refractivity contribution is 0.0952. The predicted molar refractivity (Wildman–Crippen MR) is 77.2 cm³/mol. The normalized spacial score (nSPS) is 16.4. The molecule has 1 saturated heterocycles. The van der Waals surface area contributed by atoms with Gasteiger partial charge >= 0.3 is 0 Å². The summed E-state index contributed by atoms with van der Waals surface area (Å²) in [6.07, 6.45) is 1.03. The van der Waals surface area contributed by atoms with Crippen LogP contribution in [-0.2, 0) is 0 Å². The van der Waals surface area contributed by atoms with Gasteiger partial charge in [0.25, 0.3) is 5.91 Å². The summed E-state index contributed by atoms with van der Waals surface area (Å²) in [5, 5.41) is 2.97. The quantitative estimate of drug-likeness (QED) is 0.824. The second kappa shape index (κ2) is 7.44. The first-order valence-corrected chi connectivity index (χ1v) is 7.65. The molecule has 1 aliphatic heterocycles. The van der Waals surface area contributed by atoms with Crippen molar-refractivity contribution in [1.29, 1.82) is 0 Å². The molecule has 3 nitrogen and oxygen atoms in total. The SMILES string of the molecule is O=C(NCCCN1CCSCC1)c1ccccc1. The lowest BCUT2D eigenvalue weighted by atomic mass is 10.2. The van der Waals surface area contributed by atoms with Gasteiger partial charge in [-0.1, -0.05) is 18.2 Å². The minimum absolute atomic E-state index is 0.0322. The van der Waals surface area contributed by atoms with E-state index in [1.165, 1.54) is 24.6 Å². The highest BCUT2D eigenvalue weighted by Gasteiger charge is 2.09. The molecule has 0 bridgehead atoms. The molecule has 1 amide bonds. The smallest absolute Gasteiger partial charge is 0.251 e. The first kappa shape index (κ1) is 13.4. The van der Waals surface area contributed by atoms with Crippen LogP contribution < -0.4 is 5.32 Å². The molecule has 1 aliphatic rings. The fourth-order valence-corrected chi connectivity index (χ4v) is 3.00. The van der Waals surface area contributed by atoms with Gasteiger partial charge in [-0.2, -0.15) is 11.8 Å². The van der Waals surface area contributed by atoms with Crippen LogP contribution in [0.5, 0.6) is 0 Å². The summed E-state index contributed by atoms with van der Waals surface area (Å²) < 4.78 is 0. The zero-order valence-electron chi connectivity index (χ0n) is 10.6. The van der Waals surface area contributed by atoms with E-state index in [0.29, 0.717) is 0 Å². The van der Waals surface area contributed by atoms with Crippen LogP contribution in [0.4, 0.5) is 0 Å². The summed E-state index contributed by atoms with van der Waals surface area (Å²) in [6.45, 7) is 4.24. The molecule has 4 heteroatoms. The summed E-state index contributed by atoms with van der Waals surface area (Å²) in [6, 6.07) is 9.39. The van der Waals surface area contributed by atoms with Gasteiger partial charge in [-0.05, 0) is 25.1 Å². The number of nitrogens with zero attached hydrogens (tertiary/aromatic N) is 1. The molecule has 98 valence electrons. The Balaban J connectivity index is 1.62. The maximum Gasteiger partial charge on any atom is 0.251 e. The van der Waals surface area contributed by atoms with Gasteiger partial charge in [0.05, 0.1) is 0 Å². The van der Waals surface area contributed by atoms with E-state index in [-0.39, 0.29) is 5.91 Å². The molecule has 1 fully saturated rings. The van der Waals surface area contributed by atoms with Crippen LogP contribution >= 0.6 is 11.8 Å². The maximum atomic E-state index is 11.8. The molecule has 0 spiro atoms. The number of carbonyl (C=O) groups excluding carboxylic acids is 1. The Morgan fingerprint density at radius 1 is 1.22 bits per heavy atom. The lowest BCUT2D eigenvalue weighted by Crippen LogP contribution is -2.35. The Labute approximate surface area is 113 Å². The lowest BCUT2D eigenvalue weighted by Gasteiger charge is -2.25. The van der Waals surface area contributed by atoms with Crippen molar-refractivity contribution in [2.45, 2.75) is 6.42 Å². The van der Waals surface area contributed by atoms with E-state index in [1.807, 2.05) is 42.1 Å². The van der Waals surface area contributed by atoms with Gasteiger partial charge in [0.1, 0.15) is 0 Å². The Hall–Kier alpha value is -1.00. The van der Waals surface area contributed by atoms with Gasteiger partial charge in [0.15, 0.2) is 0 Å². The Bertz CT molecular complexity index is 363. The molecule has 1 N–H and O–H groups in total. The second-order valence-corrected chi connectivity index (χ2v) is 5.65. The molecule has 18 heavy (non-hydrogen) atoms. The Morgan fingerprint density at radius 3 is 2.67 bits per heavy atom. The van der Waals surface area contributed by atoms with Crippen molar-refractivity contribution >= 4 is 17.7 Å². The zero-order valence-corrected chi connectivity index (χ0v) is 11.4. The summed E-state index contributed by atoms with van der Waals surface area (Å²) in [5.41, 5.74) is 0.742. The van der Waals surface area contributed by atoms with Gasteiger partial charge < -0.3 is 10.2 Å². The standard InChI is InChI=1S/C14H20N2OS/c17-14(13-5-2-1-3-6-13)15-7-4-8-16-9-11-18-12-10-16/h1-3,5-6H,4,7-12H2,(H,15,17). The van der Waals surface area contributed by atoms with E-state index in [0.717, 1.165) is 25.1 Å². The molecule has 1 heterocycles. The highest BCUT2D eigenvalue weighted by atomic mass is 32.2. The van der Waals surface area contributed by atoms with E-state index in [4.69, 9.17) is 0 Å². The molecular formula is C14H20N2OS. The third-order valence-corrected chi connectivity index (χ3v) is 4.02. The minimum Gasteiger partial charge on any atom is -0.352 e. The third kappa shape index (κ3) is 4.35. The second-order valence-electron chi connectivity index (χ2n) is 4.43. The van der Waals surface area contributed by atoms with Gasteiger partial charge in [0, 0.05) is 36.7 Å². The van der Waals surface area contributed by atoms with Crippen molar-refractivity contribution in [2.24, 2.45) is 0 Å². The average molecular weight is 264 g/mol. The van der Waals surface area contributed by atoms with Gasteiger partial charge in [-0.3, -0.25) is 4.79 Å². The van der Waals surface area contributed by atoms with Crippen LogP contribution in [0, 0.1) is 0 Å². The predicted octanol–water partition coefficient (Wildman–Crippen LogP) is 1.86. The number of carbonyl (C=O) groups is 1. The molecule has 0 atom stereocenters. The Kier molecular flexibility index (Phi) is 5.55. The molecule has 0 saturated carbocycles. The zero-order chi connectivity index (χ0) is 12.6.